The number of aliphatic hydroxyl groups is 1. The van der Waals surface area contributed by atoms with Gasteiger partial charge in [-0.1, -0.05) is 44.4 Å². The van der Waals surface area contributed by atoms with Crippen molar-refractivity contribution in [2.75, 3.05) is 6.54 Å². The van der Waals surface area contributed by atoms with Crippen molar-refractivity contribution in [3.8, 4) is 0 Å². The molecule has 3 atom stereocenters. The summed E-state index contributed by atoms with van der Waals surface area (Å²) in [5.41, 5.74) is 6.57. The van der Waals surface area contributed by atoms with Crippen LogP contribution in [0.5, 0.6) is 0 Å². The lowest BCUT2D eigenvalue weighted by atomic mass is 9.95. The van der Waals surface area contributed by atoms with Crippen LogP contribution >= 0.6 is 11.6 Å². The summed E-state index contributed by atoms with van der Waals surface area (Å²) in [5, 5.41) is 13.8. The topological polar surface area (TPSA) is 122 Å². The minimum absolute atomic E-state index is 0.0822. The van der Waals surface area contributed by atoms with E-state index in [2.05, 4.69) is 5.32 Å². The van der Waals surface area contributed by atoms with Crippen molar-refractivity contribution in [1.82, 2.24) is 10.2 Å². The molecule has 2 amide bonds. The molecule has 0 bridgehead atoms. The lowest BCUT2D eigenvalue weighted by Gasteiger charge is -2.29. The standard InChI is InChI=1S/C25H38ClN3O5/c1-6-15(7-2)21(30)23(32)29-12-8-9-19(29)22(31)28-14-16-13-17(26)10-11-18(16)20(27)24(33)34-25(3,4)5/h10-11,13,15,19-21,30H,6-9,12,14,27H2,1-5H3,(H,28,31)/t19-,20?,21?/m0/s1. The van der Waals surface area contributed by atoms with Gasteiger partial charge in [0.1, 0.15) is 23.8 Å². The normalized spacial score (nSPS) is 18.0. The molecule has 0 saturated carbocycles. The van der Waals surface area contributed by atoms with Crippen molar-refractivity contribution in [1.29, 1.82) is 0 Å². The number of rotatable bonds is 9. The van der Waals surface area contributed by atoms with Crippen LogP contribution in [0, 0.1) is 5.92 Å². The molecule has 0 spiro atoms. The van der Waals surface area contributed by atoms with Gasteiger partial charge < -0.3 is 25.8 Å². The highest BCUT2D eigenvalue weighted by atomic mass is 35.5. The zero-order valence-corrected chi connectivity index (χ0v) is 21.5. The van der Waals surface area contributed by atoms with Crippen LogP contribution in [0.4, 0.5) is 0 Å². The Balaban J connectivity index is 2.12. The Bertz CT molecular complexity index is 882. The molecule has 1 heterocycles. The van der Waals surface area contributed by atoms with E-state index in [1.807, 2.05) is 13.8 Å². The number of benzene rings is 1. The third kappa shape index (κ3) is 7.17. The molecule has 4 N–H and O–H groups in total. The van der Waals surface area contributed by atoms with E-state index in [1.54, 1.807) is 39.0 Å². The van der Waals surface area contributed by atoms with Crippen molar-refractivity contribution < 1.29 is 24.2 Å². The Morgan fingerprint density at radius 2 is 1.91 bits per heavy atom. The molecule has 190 valence electrons. The Hall–Kier alpha value is -2.16. The molecule has 0 radical (unpaired) electrons. The van der Waals surface area contributed by atoms with Crippen molar-refractivity contribution in [2.45, 2.75) is 90.6 Å². The number of hydrogen-bond acceptors (Lipinski definition) is 6. The van der Waals surface area contributed by atoms with Crippen LogP contribution in [0.3, 0.4) is 0 Å². The average molecular weight is 496 g/mol. The highest BCUT2D eigenvalue weighted by Gasteiger charge is 2.38. The molecule has 0 aromatic heterocycles. The summed E-state index contributed by atoms with van der Waals surface area (Å²) in [6.45, 7) is 9.66. The Kier molecular flexibility index (Phi) is 9.91. The Labute approximate surface area is 207 Å². The summed E-state index contributed by atoms with van der Waals surface area (Å²) in [7, 11) is 0. The van der Waals surface area contributed by atoms with Gasteiger partial charge in [-0.3, -0.25) is 9.59 Å². The van der Waals surface area contributed by atoms with Crippen molar-refractivity contribution in [3.05, 3.63) is 34.3 Å². The second-order valence-electron chi connectivity index (χ2n) is 9.78. The van der Waals surface area contributed by atoms with E-state index >= 15 is 0 Å². The largest absolute Gasteiger partial charge is 0.459 e. The number of likely N-dealkylation sites (tertiary alicyclic amines) is 1. The smallest absolute Gasteiger partial charge is 0.328 e. The summed E-state index contributed by atoms with van der Waals surface area (Å²) in [4.78, 5) is 39.9. The van der Waals surface area contributed by atoms with E-state index in [9.17, 15) is 19.5 Å². The van der Waals surface area contributed by atoms with Crippen LogP contribution in [0.2, 0.25) is 5.02 Å². The van der Waals surface area contributed by atoms with Crippen LogP contribution in [0.15, 0.2) is 18.2 Å². The Morgan fingerprint density at radius 1 is 1.26 bits per heavy atom. The molecule has 9 heteroatoms. The number of carbonyl (C=O) groups is 3. The van der Waals surface area contributed by atoms with Crippen LogP contribution in [0.1, 0.15) is 77.5 Å². The Morgan fingerprint density at radius 3 is 2.50 bits per heavy atom. The van der Waals surface area contributed by atoms with Crippen LogP contribution in [-0.4, -0.2) is 52.1 Å². The monoisotopic (exact) mass is 495 g/mol. The zero-order valence-electron chi connectivity index (χ0n) is 20.8. The molecule has 2 rings (SSSR count). The van der Waals surface area contributed by atoms with Gasteiger partial charge in [-0.2, -0.15) is 0 Å². The molecular weight excluding hydrogens is 458 g/mol. The molecular formula is C25H38ClN3O5. The molecule has 34 heavy (non-hydrogen) atoms. The predicted octanol–water partition coefficient (Wildman–Crippen LogP) is 3.09. The first-order valence-electron chi connectivity index (χ1n) is 11.9. The fourth-order valence-corrected chi connectivity index (χ4v) is 4.43. The van der Waals surface area contributed by atoms with E-state index in [1.165, 1.54) is 4.90 Å². The van der Waals surface area contributed by atoms with Crippen molar-refractivity contribution >= 4 is 29.4 Å². The summed E-state index contributed by atoms with van der Waals surface area (Å²) in [6, 6.07) is 3.23. The number of amides is 2. The van der Waals surface area contributed by atoms with Gasteiger partial charge in [-0.15, -0.1) is 0 Å². The van der Waals surface area contributed by atoms with Gasteiger partial charge in [0.15, 0.2) is 0 Å². The fraction of sp³-hybridized carbons (Fsp3) is 0.640. The van der Waals surface area contributed by atoms with E-state index in [0.717, 1.165) is 0 Å². The molecule has 1 fully saturated rings. The minimum Gasteiger partial charge on any atom is -0.459 e. The number of esters is 1. The quantitative estimate of drug-likeness (QED) is 0.452. The molecule has 1 aromatic carbocycles. The average Bonchev–Trinajstić information content (AvgIpc) is 3.26. The van der Waals surface area contributed by atoms with E-state index in [0.29, 0.717) is 48.4 Å². The number of carbonyl (C=O) groups excluding carboxylic acids is 3. The predicted molar refractivity (Wildman–Crippen MR) is 131 cm³/mol. The third-order valence-corrected chi connectivity index (χ3v) is 6.38. The van der Waals surface area contributed by atoms with Gasteiger partial charge in [0, 0.05) is 18.1 Å². The minimum atomic E-state index is -1.12. The molecule has 0 aliphatic carbocycles. The van der Waals surface area contributed by atoms with Gasteiger partial charge >= 0.3 is 5.97 Å². The third-order valence-electron chi connectivity index (χ3n) is 6.14. The number of halogens is 1. The van der Waals surface area contributed by atoms with Gasteiger partial charge in [0.25, 0.3) is 5.91 Å². The maximum atomic E-state index is 13.0. The summed E-state index contributed by atoms with van der Waals surface area (Å²) in [6.07, 6.45) is 1.46. The zero-order chi connectivity index (χ0) is 25.6. The lowest BCUT2D eigenvalue weighted by Crippen LogP contribution is -2.50. The van der Waals surface area contributed by atoms with Crippen molar-refractivity contribution in [2.24, 2.45) is 11.7 Å². The number of ether oxygens (including phenoxy) is 1. The van der Waals surface area contributed by atoms with E-state index < -0.39 is 35.7 Å². The van der Waals surface area contributed by atoms with E-state index in [4.69, 9.17) is 22.1 Å². The first kappa shape index (κ1) is 28.1. The van der Waals surface area contributed by atoms with Gasteiger partial charge in [0.2, 0.25) is 5.91 Å². The first-order chi connectivity index (χ1) is 15.9. The van der Waals surface area contributed by atoms with Crippen LogP contribution < -0.4 is 11.1 Å². The summed E-state index contributed by atoms with van der Waals surface area (Å²) in [5.74, 6) is -1.44. The number of nitrogens with two attached hydrogens (primary N) is 1. The van der Waals surface area contributed by atoms with Gasteiger partial charge in [-0.05, 0) is 62.8 Å². The molecule has 1 aliphatic heterocycles. The molecule has 2 unspecified atom stereocenters. The van der Waals surface area contributed by atoms with Crippen LogP contribution in [0.25, 0.3) is 0 Å². The number of nitrogens with zero attached hydrogens (tertiary/aromatic N) is 1. The maximum Gasteiger partial charge on any atom is 0.328 e. The fourth-order valence-electron chi connectivity index (χ4n) is 4.23. The lowest BCUT2D eigenvalue weighted by molar-refractivity contribution is -0.156. The summed E-state index contributed by atoms with van der Waals surface area (Å²) < 4.78 is 5.39. The van der Waals surface area contributed by atoms with Crippen LogP contribution in [-0.2, 0) is 25.7 Å². The summed E-state index contributed by atoms with van der Waals surface area (Å²) >= 11 is 6.16. The number of hydrogen-bond donors (Lipinski definition) is 3. The highest BCUT2D eigenvalue weighted by molar-refractivity contribution is 6.30. The highest BCUT2D eigenvalue weighted by Crippen LogP contribution is 2.25. The SMILES string of the molecule is CCC(CC)C(O)C(=O)N1CCC[C@H]1C(=O)NCc1cc(Cl)ccc1C(N)C(=O)OC(C)(C)C. The second-order valence-corrected chi connectivity index (χ2v) is 10.2. The molecule has 1 aliphatic rings. The number of nitrogens with one attached hydrogen (secondary N) is 1. The number of aliphatic hydroxyl groups excluding tert-OH is 1. The van der Waals surface area contributed by atoms with E-state index in [-0.39, 0.29) is 18.4 Å². The molecule has 8 nitrogen and oxygen atoms in total. The van der Waals surface area contributed by atoms with Gasteiger partial charge in [-0.25, -0.2) is 4.79 Å². The van der Waals surface area contributed by atoms with Crippen molar-refractivity contribution in [3.63, 3.8) is 0 Å². The maximum absolute atomic E-state index is 13.0. The van der Waals surface area contributed by atoms with Gasteiger partial charge in [0.05, 0.1) is 0 Å². The first-order valence-corrected chi connectivity index (χ1v) is 12.3. The second kappa shape index (κ2) is 12.0. The molecule has 1 saturated heterocycles. The molecule has 1 aromatic rings.